The fraction of sp³-hybridized carbons (Fsp3) is 0. The van der Waals surface area contributed by atoms with Gasteiger partial charge in [0.2, 0.25) is 11.6 Å². The Morgan fingerprint density at radius 3 is 2.46 bits per heavy atom. The second-order valence-electron chi connectivity index (χ2n) is 7.78. The Labute approximate surface area is 222 Å². The van der Waals surface area contributed by atoms with Crippen LogP contribution in [0.4, 0.5) is 17.1 Å². The number of hydrogen-bond acceptors (Lipinski definition) is 8. The fourth-order valence-electron chi connectivity index (χ4n) is 3.49. The number of rotatable bonds is 7. The summed E-state index contributed by atoms with van der Waals surface area (Å²) in [6, 6.07) is 23.3. The molecule has 5 aromatic rings. The van der Waals surface area contributed by atoms with Crippen molar-refractivity contribution in [2.75, 3.05) is 0 Å². The molecule has 0 aliphatic carbocycles. The van der Waals surface area contributed by atoms with Gasteiger partial charge in [-0.3, -0.25) is 25.2 Å². The number of halogens is 1. The molecule has 0 fully saturated rings. The van der Waals surface area contributed by atoms with Crippen LogP contribution in [0.5, 0.6) is 11.5 Å². The summed E-state index contributed by atoms with van der Waals surface area (Å²) in [6.07, 6.45) is 1.67. The molecule has 0 aliphatic heterocycles. The van der Waals surface area contributed by atoms with Gasteiger partial charge in [-0.25, -0.2) is 4.98 Å². The van der Waals surface area contributed by atoms with E-state index in [1.807, 2.05) is 42.5 Å². The highest BCUT2D eigenvalue weighted by Gasteiger charge is 2.21. The van der Waals surface area contributed by atoms with Crippen LogP contribution in [0.25, 0.3) is 22.6 Å². The van der Waals surface area contributed by atoms with Crippen molar-refractivity contribution >= 4 is 57.0 Å². The zero-order valence-corrected chi connectivity index (χ0v) is 20.9. The Kier molecular flexibility index (Phi) is 6.60. The Morgan fingerprint density at radius 2 is 1.73 bits per heavy atom. The number of aromatic nitrogens is 1. The van der Waals surface area contributed by atoms with E-state index in [0.29, 0.717) is 28.4 Å². The van der Waals surface area contributed by atoms with Crippen molar-refractivity contribution in [3.63, 3.8) is 0 Å². The van der Waals surface area contributed by atoms with E-state index in [9.17, 15) is 20.2 Å². The third-order valence-electron chi connectivity index (χ3n) is 5.26. The molecule has 0 bridgehead atoms. The average molecular weight is 606 g/mol. The van der Waals surface area contributed by atoms with E-state index in [1.165, 1.54) is 6.07 Å². The fourth-order valence-corrected chi connectivity index (χ4v) is 4.03. The van der Waals surface area contributed by atoms with Crippen molar-refractivity contribution < 1.29 is 19.0 Å². The van der Waals surface area contributed by atoms with Crippen LogP contribution in [-0.4, -0.2) is 21.0 Å². The lowest BCUT2D eigenvalue weighted by Crippen LogP contribution is -1.96. The Hall–Kier alpha value is -4.65. The number of benzene rings is 4. The lowest BCUT2D eigenvalue weighted by atomic mass is 10.2. The number of aliphatic imine (C=N–C) groups is 1. The minimum absolute atomic E-state index is 0.0949. The van der Waals surface area contributed by atoms with Crippen molar-refractivity contribution in [3.05, 3.63) is 114 Å². The molecule has 0 saturated carbocycles. The molecular weight excluding hydrogens is 591 g/mol. The van der Waals surface area contributed by atoms with E-state index in [0.717, 1.165) is 26.8 Å². The van der Waals surface area contributed by atoms with Crippen LogP contribution in [0.3, 0.4) is 0 Å². The predicted molar refractivity (Wildman–Crippen MR) is 146 cm³/mol. The molecule has 4 aromatic carbocycles. The maximum atomic E-state index is 11.3. The Morgan fingerprint density at radius 1 is 0.919 bits per heavy atom. The molecule has 5 rings (SSSR count). The van der Waals surface area contributed by atoms with Gasteiger partial charge in [0, 0.05) is 21.4 Å². The van der Waals surface area contributed by atoms with E-state index in [1.54, 1.807) is 30.5 Å². The van der Waals surface area contributed by atoms with Gasteiger partial charge in [0.25, 0.3) is 5.69 Å². The maximum absolute atomic E-state index is 11.3. The van der Waals surface area contributed by atoms with Crippen LogP contribution in [0.15, 0.2) is 94.3 Å². The molecule has 182 valence electrons. The van der Waals surface area contributed by atoms with Gasteiger partial charge in [0.05, 0.1) is 21.6 Å². The van der Waals surface area contributed by atoms with Crippen LogP contribution in [0.2, 0.25) is 0 Å². The van der Waals surface area contributed by atoms with Gasteiger partial charge in [0.1, 0.15) is 11.3 Å². The van der Waals surface area contributed by atoms with Crippen molar-refractivity contribution in [2.24, 2.45) is 4.99 Å². The standard InChI is InChI=1S/C26H15IN4O6/c27-18-3-1-2-17(12-18)26-29-22-13-19(6-10-24(22)37-26)28-15-16-4-8-21(9-5-16)36-25-11-7-20(30(32)33)14-23(25)31(34)35/h1-15H. The minimum atomic E-state index is -0.724. The molecule has 1 aromatic heterocycles. The van der Waals surface area contributed by atoms with E-state index < -0.39 is 15.5 Å². The molecule has 0 atom stereocenters. The van der Waals surface area contributed by atoms with Gasteiger partial charge in [-0.15, -0.1) is 0 Å². The topological polar surface area (TPSA) is 134 Å². The highest BCUT2D eigenvalue weighted by molar-refractivity contribution is 14.1. The first kappa shape index (κ1) is 24.1. The van der Waals surface area contributed by atoms with Gasteiger partial charge in [-0.2, -0.15) is 0 Å². The SMILES string of the molecule is O=[N+]([O-])c1ccc(Oc2ccc(C=Nc3ccc4oc(-c5cccc(I)c5)nc4c3)cc2)c([N+](=O)[O-])c1. The molecule has 10 nitrogen and oxygen atoms in total. The molecule has 0 N–H and O–H groups in total. The number of nitro groups is 2. The number of nitrogens with zero attached hydrogens (tertiary/aromatic N) is 4. The van der Waals surface area contributed by atoms with Crippen molar-refractivity contribution in [3.8, 4) is 23.0 Å². The number of hydrogen-bond donors (Lipinski definition) is 0. The van der Waals surface area contributed by atoms with Crippen LogP contribution in [-0.2, 0) is 0 Å². The Balaban J connectivity index is 1.31. The second-order valence-corrected chi connectivity index (χ2v) is 9.02. The monoisotopic (exact) mass is 606 g/mol. The average Bonchev–Trinajstić information content (AvgIpc) is 3.32. The third-order valence-corrected chi connectivity index (χ3v) is 5.93. The Bertz CT molecular complexity index is 1680. The summed E-state index contributed by atoms with van der Waals surface area (Å²) >= 11 is 2.24. The molecule has 0 amide bonds. The number of ether oxygens (including phenoxy) is 1. The first-order valence-electron chi connectivity index (χ1n) is 10.8. The highest BCUT2D eigenvalue weighted by atomic mass is 127. The predicted octanol–water partition coefficient (Wildman–Crippen LogP) is 7.46. The van der Waals surface area contributed by atoms with Crippen LogP contribution in [0.1, 0.15) is 5.56 Å². The van der Waals surface area contributed by atoms with Crippen LogP contribution >= 0.6 is 22.6 Å². The summed E-state index contributed by atoms with van der Waals surface area (Å²) in [4.78, 5) is 29.9. The van der Waals surface area contributed by atoms with E-state index in [4.69, 9.17) is 9.15 Å². The van der Waals surface area contributed by atoms with Crippen molar-refractivity contribution in [1.29, 1.82) is 0 Å². The minimum Gasteiger partial charge on any atom is -0.450 e. The highest BCUT2D eigenvalue weighted by Crippen LogP contribution is 2.34. The van der Waals surface area contributed by atoms with Gasteiger partial charge in [0.15, 0.2) is 5.58 Å². The molecule has 11 heteroatoms. The quantitative estimate of drug-likeness (QED) is 0.0813. The molecule has 0 aliphatic rings. The van der Waals surface area contributed by atoms with E-state index in [-0.39, 0.29) is 11.4 Å². The summed E-state index contributed by atoms with van der Waals surface area (Å²) in [7, 11) is 0. The van der Waals surface area contributed by atoms with Crippen molar-refractivity contribution in [1.82, 2.24) is 4.98 Å². The van der Waals surface area contributed by atoms with Crippen LogP contribution < -0.4 is 4.74 Å². The van der Waals surface area contributed by atoms with Crippen LogP contribution in [0, 0.1) is 23.8 Å². The molecule has 37 heavy (non-hydrogen) atoms. The zero-order chi connectivity index (χ0) is 25.9. The lowest BCUT2D eigenvalue weighted by Gasteiger charge is -2.06. The summed E-state index contributed by atoms with van der Waals surface area (Å²) in [5.41, 5.74) is 2.83. The number of nitro benzene ring substituents is 2. The summed E-state index contributed by atoms with van der Waals surface area (Å²) in [5.74, 6) is 0.780. The number of oxazole rings is 1. The molecule has 0 unspecified atom stereocenters. The van der Waals surface area contributed by atoms with E-state index in [2.05, 4.69) is 32.6 Å². The molecule has 0 spiro atoms. The molecular formula is C26H15IN4O6. The van der Waals surface area contributed by atoms with Gasteiger partial charge in [-0.1, -0.05) is 6.07 Å². The van der Waals surface area contributed by atoms with Gasteiger partial charge < -0.3 is 9.15 Å². The smallest absolute Gasteiger partial charge is 0.318 e. The second kappa shape index (κ2) is 10.1. The van der Waals surface area contributed by atoms with E-state index >= 15 is 0 Å². The van der Waals surface area contributed by atoms with Gasteiger partial charge in [-0.05, 0) is 94.9 Å². The third kappa shape index (κ3) is 5.46. The first-order valence-corrected chi connectivity index (χ1v) is 11.8. The van der Waals surface area contributed by atoms with Gasteiger partial charge >= 0.3 is 5.69 Å². The summed E-state index contributed by atoms with van der Waals surface area (Å²) in [6.45, 7) is 0. The number of non-ortho nitro benzene ring substituents is 1. The molecule has 1 heterocycles. The number of fused-ring (bicyclic) bond motifs is 1. The van der Waals surface area contributed by atoms with Crippen molar-refractivity contribution in [2.45, 2.75) is 0 Å². The first-order chi connectivity index (χ1) is 17.9. The maximum Gasteiger partial charge on any atom is 0.318 e. The molecule has 0 saturated heterocycles. The summed E-state index contributed by atoms with van der Waals surface area (Å²) in [5, 5.41) is 22.2. The largest absolute Gasteiger partial charge is 0.450 e. The molecule has 0 radical (unpaired) electrons. The normalized spacial score (nSPS) is 11.2. The lowest BCUT2D eigenvalue weighted by molar-refractivity contribution is -0.394. The zero-order valence-electron chi connectivity index (χ0n) is 18.8. The summed E-state index contributed by atoms with van der Waals surface area (Å²) < 4.78 is 12.6.